The Morgan fingerprint density at radius 1 is 1.25 bits per heavy atom. The lowest BCUT2D eigenvalue weighted by molar-refractivity contribution is -0.138. The summed E-state index contributed by atoms with van der Waals surface area (Å²) in [4.78, 5) is 12.0. The molecule has 6 N–H and O–H groups in total. The first-order valence-electron chi connectivity index (χ1n) is 9.42. The molecule has 2 aromatic carbocycles. The summed E-state index contributed by atoms with van der Waals surface area (Å²) in [6, 6.07) is 11.8. The Balaban J connectivity index is 1.84. The maximum Gasteiger partial charge on any atom is 0.330 e. The van der Waals surface area contributed by atoms with Crippen LogP contribution in [0.5, 0.6) is 5.75 Å². The van der Waals surface area contributed by atoms with Gasteiger partial charge in [0.05, 0.1) is 12.3 Å². The van der Waals surface area contributed by atoms with Crippen molar-refractivity contribution in [2.75, 3.05) is 5.32 Å². The number of nitrogens with one attached hydrogen (secondary N) is 1. The smallest absolute Gasteiger partial charge is 0.330 e. The largest absolute Gasteiger partial charge is 0.490 e. The lowest BCUT2D eigenvalue weighted by Crippen LogP contribution is -2.21. The SMILES string of the molecule is NCc1cc(OC2CCCC2)cc(C(Nc2ccc(C=NN)cc2)C(=O)O)c1. The number of aliphatic carboxylic acids is 1. The molecule has 7 nitrogen and oxygen atoms in total. The van der Waals surface area contributed by atoms with Crippen LogP contribution in [0, 0.1) is 0 Å². The van der Waals surface area contributed by atoms with Gasteiger partial charge in [-0.2, -0.15) is 5.10 Å². The Kier molecular flexibility index (Phi) is 6.49. The van der Waals surface area contributed by atoms with Crippen LogP contribution in [0.3, 0.4) is 0 Å². The molecule has 1 aliphatic carbocycles. The van der Waals surface area contributed by atoms with E-state index in [1.54, 1.807) is 18.2 Å². The second-order valence-electron chi connectivity index (χ2n) is 6.95. The second-order valence-corrected chi connectivity index (χ2v) is 6.95. The molecule has 28 heavy (non-hydrogen) atoms. The molecule has 0 heterocycles. The molecule has 0 spiro atoms. The number of carbonyl (C=O) groups is 1. The van der Waals surface area contributed by atoms with E-state index in [0.717, 1.165) is 36.8 Å². The minimum Gasteiger partial charge on any atom is -0.490 e. The first-order valence-corrected chi connectivity index (χ1v) is 9.42. The lowest BCUT2D eigenvalue weighted by Gasteiger charge is -2.20. The van der Waals surface area contributed by atoms with Gasteiger partial charge in [-0.05, 0) is 66.6 Å². The average Bonchev–Trinajstić information content (AvgIpc) is 3.20. The zero-order valence-electron chi connectivity index (χ0n) is 15.7. The van der Waals surface area contributed by atoms with E-state index in [-0.39, 0.29) is 6.10 Å². The Morgan fingerprint density at radius 2 is 1.96 bits per heavy atom. The Labute approximate surface area is 164 Å². The summed E-state index contributed by atoms with van der Waals surface area (Å²) in [5, 5.41) is 16.3. The Hall–Kier alpha value is -3.06. The number of rotatable bonds is 8. The summed E-state index contributed by atoms with van der Waals surface area (Å²) in [6.07, 6.45) is 6.10. The molecule has 3 rings (SSSR count). The molecule has 0 saturated heterocycles. The third-order valence-electron chi connectivity index (χ3n) is 4.85. The van der Waals surface area contributed by atoms with Crippen molar-refractivity contribution in [3.05, 3.63) is 59.2 Å². The molecule has 0 aliphatic heterocycles. The number of ether oxygens (including phenoxy) is 1. The fourth-order valence-corrected chi connectivity index (χ4v) is 3.44. The molecule has 0 aromatic heterocycles. The van der Waals surface area contributed by atoms with Crippen molar-refractivity contribution < 1.29 is 14.6 Å². The standard InChI is InChI=1S/C21H26N4O3/c22-12-15-9-16(11-19(10-15)28-18-3-1-2-4-18)20(21(26)27)25-17-7-5-14(6-8-17)13-24-23/h5-11,13,18,20,25H,1-4,12,22-23H2,(H,26,27). The predicted molar refractivity (Wildman–Crippen MR) is 109 cm³/mol. The van der Waals surface area contributed by atoms with Crippen LogP contribution in [-0.4, -0.2) is 23.4 Å². The molecule has 1 aliphatic rings. The first-order chi connectivity index (χ1) is 13.6. The summed E-state index contributed by atoms with van der Waals surface area (Å²) >= 11 is 0. The highest BCUT2D eigenvalue weighted by molar-refractivity contribution is 5.82. The maximum atomic E-state index is 12.0. The molecular formula is C21H26N4O3. The maximum absolute atomic E-state index is 12.0. The van der Waals surface area contributed by atoms with Gasteiger partial charge >= 0.3 is 5.97 Å². The Morgan fingerprint density at radius 3 is 2.57 bits per heavy atom. The first kappa shape index (κ1) is 19.7. The van der Waals surface area contributed by atoms with Crippen molar-refractivity contribution in [1.29, 1.82) is 0 Å². The molecule has 1 fully saturated rings. The van der Waals surface area contributed by atoms with Crippen LogP contribution in [-0.2, 0) is 11.3 Å². The number of hydrogen-bond acceptors (Lipinski definition) is 6. The zero-order valence-corrected chi connectivity index (χ0v) is 15.7. The van der Waals surface area contributed by atoms with E-state index in [9.17, 15) is 9.90 Å². The highest BCUT2D eigenvalue weighted by atomic mass is 16.5. The number of anilines is 1. The number of nitrogens with zero attached hydrogens (tertiary/aromatic N) is 1. The van der Waals surface area contributed by atoms with E-state index in [1.807, 2.05) is 24.3 Å². The van der Waals surface area contributed by atoms with Crippen LogP contribution in [0.1, 0.15) is 48.4 Å². The highest BCUT2D eigenvalue weighted by Gasteiger charge is 2.22. The van der Waals surface area contributed by atoms with Crippen molar-refractivity contribution in [2.45, 2.75) is 44.4 Å². The molecule has 0 radical (unpaired) electrons. The molecular weight excluding hydrogens is 356 g/mol. The topological polar surface area (TPSA) is 123 Å². The monoisotopic (exact) mass is 382 g/mol. The third-order valence-corrected chi connectivity index (χ3v) is 4.85. The summed E-state index contributed by atoms with van der Waals surface area (Å²) in [5.41, 5.74) is 8.78. The van der Waals surface area contributed by atoms with Crippen molar-refractivity contribution in [3.8, 4) is 5.75 Å². The number of hydrazone groups is 1. The summed E-state index contributed by atoms with van der Waals surface area (Å²) in [7, 11) is 0. The van der Waals surface area contributed by atoms with E-state index < -0.39 is 12.0 Å². The summed E-state index contributed by atoms with van der Waals surface area (Å²) < 4.78 is 6.08. The van der Waals surface area contributed by atoms with Gasteiger partial charge < -0.3 is 26.7 Å². The van der Waals surface area contributed by atoms with Crippen LogP contribution in [0.25, 0.3) is 0 Å². The van der Waals surface area contributed by atoms with Crippen LogP contribution in [0.15, 0.2) is 47.6 Å². The van der Waals surface area contributed by atoms with Gasteiger partial charge in [-0.3, -0.25) is 0 Å². The van der Waals surface area contributed by atoms with E-state index >= 15 is 0 Å². The third kappa shape index (κ3) is 5.01. The fourth-order valence-electron chi connectivity index (χ4n) is 3.44. The van der Waals surface area contributed by atoms with E-state index in [0.29, 0.717) is 23.5 Å². The van der Waals surface area contributed by atoms with Crippen molar-refractivity contribution in [2.24, 2.45) is 16.7 Å². The normalized spacial score (nSPS) is 15.6. The molecule has 1 unspecified atom stereocenters. The van der Waals surface area contributed by atoms with Gasteiger partial charge in [-0.15, -0.1) is 0 Å². The number of hydrogen-bond donors (Lipinski definition) is 4. The number of carboxylic acid groups (broad SMARTS) is 1. The predicted octanol–water partition coefficient (Wildman–Crippen LogP) is 3.00. The molecule has 0 bridgehead atoms. The molecule has 0 amide bonds. The van der Waals surface area contributed by atoms with Gasteiger partial charge in [-0.1, -0.05) is 18.2 Å². The van der Waals surface area contributed by atoms with Crippen LogP contribution in [0.2, 0.25) is 0 Å². The van der Waals surface area contributed by atoms with Gasteiger partial charge in [-0.25, -0.2) is 4.79 Å². The van der Waals surface area contributed by atoms with Crippen molar-refractivity contribution >= 4 is 17.9 Å². The Bertz CT molecular complexity index is 830. The zero-order chi connectivity index (χ0) is 19.9. The van der Waals surface area contributed by atoms with Crippen LogP contribution in [0.4, 0.5) is 5.69 Å². The molecule has 7 heteroatoms. The minimum absolute atomic E-state index is 0.189. The van der Waals surface area contributed by atoms with E-state index in [1.165, 1.54) is 6.21 Å². The fraction of sp³-hybridized carbons (Fsp3) is 0.333. The van der Waals surface area contributed by atoms with Gasteiger partial charge in [0.15, 0.2) is 6.04 Å². The quantitative estimate of drug-likeness (QED) is 0.316. The van der Waals surface area contributed by atoms with Gasteiger partial charge in [0.1, 0.15) is 5.75 Å². The highest BCUT2D eigenvalue weighted by Crippen LogP contribution is 2.29. The summed E-state index contributed by atoms with van der Waals surface area (Å²) in [5.74, 6) is 4.84. The average molecular weight is 382 g/mol. The number of nitrogens with two attached hydrogens (primary N) is 2. The minimum atomic E-state index is -0.978. The van der Waals surface area contributed by atoms with Gasteiger partial charge in [0.2, 0.25) is 0 Å². The molecule has 1 saturated carbocycles. The molecule has 148 valence electrons. The summed E-state index contributed by atoms with van der Waals surface area (Å²) in [6.45, 7) is 0.314. The number of benzene rings is 2. The number of carboxylic acids is 1. The second kappa shape index (κ2) is 9.23. The molecule has 1 atom stereocenters. The molecule has 2 aromatic rings. The lowest BCUT2D eigenvalue weighted by atomic mass is 10.0. The van der Waals surface area contributed by atoms with Gasteiger partial charge in [0.25, 0.3) is 0 Å². The van der Waals surface area contributed by atoms with Gasteiger partial charge in [0, 0.05) is 12.2 Å². The van der Waals surface area contributed by atoms with Crippen molar-refractivity contribution in [3.63, 3.8) is 0 Å². The van der Waals surface area contributed by atoms with Crippen LogP contribution < -0.4 is 21.6 Å². The van der Waals surface area contributed by atoms with Crippen LogP contribution >= 0.6 is 0 Å². The van der Waals surface area contributed by atoms with E-state index in [4.69, 9.17) is 16.3 Å². The van der Waals surface area contributed by atoms with Crippen molar-refractivity contribution in [1.82, 2.24) is 0 Å². The van der Waals surface area contributed by atoms with E-state index in [2.05, 4.69) is 10.4 Å².